The Bertz CT molecular complexity index is 237. The fourth-order valence-electron chi connectivity index (χ4n) is 0.962. The lowest BCUT2D eigenvalue weighted by molar-refractivity contribution is -0.137. The van der Waals surface area contributed by atoms with Crippen LogP contribution in [-0.4, -0.2) is 5.97 Å². The molecule has 2 nitrogen and oxygen atoms in total. The number of hydrogen-bond acceptors (Lipinski definition) is 2. The van der Waals surface area contributed by atoms with E-state index in [1.54, 1.807) is 6.92 Å². The molecular weight excluding hydrogens is 188 g/mol. The van der Waals surface area contributed by atoms with Crippen LogP contribution in [0.2, 0.25) is 0 Å². The Kier molecular flexibility index (Phi) is 7.69. The molecule has 0 atom stereocenters. The molecule has 0 spiro atoms. The van der Waals surface area contributed by atoms with E-state index >= 15 is 0 Å². The molecule has 0 radical (unpaired) electrons. The molecule has 0 unspecified atom stereocenters. The second kappa shape index (κ2) is 8.27. The van der Waals surface area contributed by atoms with Crippen LogP contribution in [0.15, 0.2) is 24.0 Å². The zero-order chi connectivity index (χ0) is 11.7. The number of carbonyl (C=O) groups excluding carboxylic acids is 1. The van der Waals surface area contributed by atoms with Gasteiger partial charge in [-0.2, -0.15) is 0 Å². The molecule has 0 aliphatic heterocycles. The van der Waals surface area contributed by atoms with E-state index in [4.69, 9.17) is 4.74 Å². The van der Waals surface area contributed by atoms with E-state index < -0.39 is 0 Å². The van der Waals surface area contributed by atoms with Crippen molar-refractivity contribution in [3.8, 4) is 0 Å². The third-order valence-electron chi connectivity index (χ3n) is 1.96. The van der Waals surface area contributed by atoms with E-state index in [1.165, 1.54) is 11.8 Å². The number of rotatable bonds is 6. The van der Waals surface area contributed by atoms with Crippen LogP contribution in [0.5, 0.6) is 0 Å². The van der Waals surface area contributed by atoms with Crippen LogP contribution in [0.25, 0.3) is 0 Å². The summed E-state index contributed by atoms with van der Waals surface area (Å²) in [4.78, 5) is 10.8. The van der Waals surface area contributed by atoms with Crippen molar-refractivity contribution < 1.29 is 9.53 Å². The first-order valence-electron chi connectivity index (χ1n) is 5.56. The van der Waals surface area contributed by atoms with Gasteiger partial charge in [-0.05, 0) is 31.8 Å². The molecule has 0 N–H and O–H groups in total. The van der Waals surface area contributed by atoms with Gasteiger partial charge in [-0.15, -0.1) is 0 Å². The maximum Gasteiger partial charge on any atom is 0.310 e. The highest BCUT2D eigenvalue weighted by atomic mass is 16.5. The molecule has 0 bridgehead atoms. The number of carbonyl (C=O) groups is 1. The molecule has 0 saturated heterocycles. The number of ether oxygens (including phenoxy) is 1. The van der Waals surface area contributed by atoms with E-state index in [0.29, 0.717) is 12.3 Å². The van der Waals surface area contributed by atoms with Crippen LogP contribution in [0.4, 0.5) is 0 Å². The van der Waals surface area contributed by atoms with Crippen molar-refractivity contribution in [2.75, 3.05) is 0 Å². The quantitative estimate of drug-likeness (QED) is 0.378. The largest absolute Gasteiger partial charge is 0.435 e. The Morgan fingerprint density at radius 1 is 1.40 bits per heavy atom. The van der Waals surface area contributed by atoms with Crippen molar-refractivity contribution in [1.29, 1.82) is 0 Å². The van der Waals surface area contributed by atoms with Crippen molar-refractivity contribution in [2.45, 2.75) is 47.0 Å². The lowest BCUT2D eigenvalue weighted by Gasteiger charge is -2.00. The highest BCUT2D eigenvalue weighted by molar-refractivity contribution is 5.69. The molecule has 0 aliphatic carbocycles. The maximum atomic E-state index is 10.8. The van der Waals surface area contributed by atoms with Gasteiger partial charge in [0.05, 0.1) is 6.26 Å². The maximum absolute atomic E-state index is 10.8. The molecule has 0 amide bonds. The first-order chi connectivity index (χ1) is 7.06. The molecule has 2 heteroatoms. The Morgan fingerprint density at radius 3 is 2.60 bits per heavy atom. The van der Waals surface area contributed by atoms with E-state index in [0.717, 1.165) is 12.8 Å². The molecule has 0 aliphatic rings. The molecule has 0 saturated carbocycles. The number of allylic oxidation sites excluding steroid dienone is 3. The van der Waals surface area contributed by atoms with E-state index in [2.05, 4.69) is 26.8 Å². The lowest BCUT2D eigenvalue weighted by Crippen LogP contribution is -1.95. The van der Waals surface area contributed by atoms with Crippen molar-refractivity contribution in [2.24, 2.45) is 5.92 Å². The lowest BCUT2D eigenvalue weighted by atomic mass is 10.1. The summed E-state index contributed by atoms with van der Waals surface area (Å²) in [5.41, 5.74) is 1.31. The van der Waals surface area contributed by atoms with Crippen molar-refractivity contribution in [1.82, 2.24) is 0 Å². The molecule has 0 aromatic carbocycles. The predicted octanol–water partition coefficient (Wildman–Crippen LogP) is 3.84. The first-order valence-corrected chi connectivity index (χ1v) is 5.56. The van der Waals surface area contributed by atoms with Gasteiger partial charge in [0.2, 0.25) is 0 Å². The third kappa shape index (κ3) is 9.26. The summed E-state index contributed by atoms with van der Waals surface area (Å²) < 4.78 is 4.82. The average molecular weight is 210 g/mol. The Hall–Kier alpha value is -1.05. The minimum atomic E-state index is -0.185. The summed E-state index contributed by atoms with van der Waals surface area (Å²) in [5, 5.41) is 0. The van der Waals surface area contributed by atoms with Crippen LogP contribution >= 0.6 is 0 Å². The Morgan fingerprint density at radius 2 is 2.07 bits per heavy atom. The standard InChI is InChI=1S/C13H22O2/c1-5-13(14)15-10-6-7-12(4)9-8-11(2)3/h6,9-11H,5,7-8H2,1-4H3/b10-6+,12-9+. The van der Waals surface area contributed by atoms with Crippen LogP contribution in [-0.2, 0) is 9.53 Å². The summed E-state index contributed by atoms with van der Waals surface area (Å²) >= 11 is 0. The SMILES string of the molecule is CCC(=O)O/C=C/C/C(C)=C/CC(C)C. The number of esters is 1. The average Bonchev–Trinajstić information content (AvgIpc) is 2.21. The van der Waals surface area contributed by atoms with Gasteiger partial charge in [0, 0.05) is 6.42 Å². The van der Waals surface area contributed by atoms with Crippen LogP contribution < -0.4 is 0 Å². The summed E-state index contributed by atoms with van der Waals surface area (Å²) in [6.45, 7) is 8.27. The van der Waals surface area contributed by atoms with Crippen molar-refractivity contribution in [3.63, 3.8) is 0 Å². The number of hydrogen-bond donors (Lipinski definition) is 0. The molecule has 0 aromatic heterocycles. The minimum absolute atomic E-state index is 0.185. The van der Waals surface area contributed by atoms with Gasteiger partial charge in [0.25, 0.3) is 0 Å². The van der Waals surface area contributed by atoms with Gasteiger partial charge in [-0.1, -0.05) is 32.4 Å². The highest BCUT2D eigenvalue weighted by Gasteiger charge is 1.93. The van der Waals surface area contributed by atoms with Crippen LogP contribution in [0.1, 0.15) is 47.0 Å². The summed E-state index contributed by atoms with van der Waals surface area (Å²) in [6, 6.07) is 0. The second-order valence-electron chi connectivity index (χ2n) is 4.10. The Balaban J connectivity index is 3.74. The first kappa shape index (κ1) is 13.9. The fraction of sp³-hybridized carbons (Fsp3) is 0.615. The van der Waals surface area contributed by atoms with Crippen LogP contribution in [0, 0.1) is 5.92 Å². The molecular formula is C13H22O2. The molecule has 0 rings (SSSR count). The topological polar surface area (TPSA) is 26.3 Å². The van der Waals surface area contributed by atoms with Gasteiger partial charge >= 0.3 is 5.97 Å². The molecule has 0 aromatic rings. The molecule has 0 heterocycles. The van der Waals surface area contributed by atoms with E-state index in [-0.39, 0.29) is 5.97 Å². The van der Waals surface area contributed by atoms with Gasteiger partial charge in [0.1, 0.15) is 0 Å². The van der Waals surface area contributed by atoms with Gasteiger partial charge in [-0.25, -0.2) is 0 Å². The van der Waals surface area contributed by atoms with E-state index in [9.17, 15) is 4.79 Å². The molecule has 86 valence electrons. The molecule has 15 heavy (non-hydrogen) atoms. The summed E-state index contributed by atoms with van der Waals surface area (Å²) in [7, 11) is 0. The zero-order valence-corrected chi connectivity index (χ0v) is 10.2. The van der Waals surface area contributed by atoms with Gasteiger partial charge < -0.3 is 4.74 Å². The normalized spacial score (nSPS) is 12.5. The Labute approximate surface area is 93.0 Å². The smallest absolute Gasteiger partial charge is 0.310 e. The summed E-state index contributed by atoms with van der Waals surface area (Å²) in [5.74, 6) is 0.511. The zero-order valence-electron chi connectivity index (χ0n) is 10.2. The van der Waals surface area contributed by atoms with Crippen LogP contribution in [0.3, 0.4) is 0 Å². The minimum Gasteiger partial charge on any atom is -0.435 e. The monoisotopic (exact) mass is 210 g/mol. The molecule has 0 fully saturated rings. The van der Waals surface area contributed by atoms with Gasteiger partial charge in [0.15, 0.2) is 0 Å². The third-order valence-corrected chi connectivity index (χ3v) is 1.96. The van der Waals surface area contributed by atoms with Gasteiger partial charge in [-0.3, -0.25) is 4.79 Å². The van der Waals surface area contributed by atoms with E-state index in [1.807, 2.05) is 6.08 Å². The van der Waals surface area contributed by atoms with Crippen molar-refractivity contribution >= 4 is 5.97 Å². The van der Waals surface area contributed by atoms with Crippen molar-refractivity contribution in [3.05, 3.63) is 24.0 Å². The predicted molar refractivity (Wildman–Crippen MR) is 63.4 cm³/mol. The summed E-state index contributed by atoms with van der Waals surface area (Å²) in [6.07, 6.45) is 7.97. The highest BCUT2D eigenvalue weighted by Crippen LogP contribution is 2.07. The second-order valence-corrected chi connectivity index (χ2v) is 4.10. The fourth-order valence-corrected chi connectivity index (χ4v) is 0.962.